The third kappa shape index (κ3) is 11.0. The van der Waals surface area contributed by atoms with Gasteiger partial charge in [-0.25, -0.2) is 9.59 Å². The maximum atomic E-state index is 12.9. The van der Waals surface area contributed by atoms with E-state index < -0.39 is 17.3 Å². The Morgan fingerprint density at radius 2 is 1.43 bits per heavy atom. The lowest BCUT2D eigenvalue weighted by molar-refractivity contribution is 0.00343. The van der Waals surface area contributed by atoms with Crippen molar-refractivity contribution >= 4 is 12.2 Å². The van der Waals surface area contributed by atoms with Gasteiger partial charge < -0.3 is 24.4 Å². The van der Waals surface area contributed by atoms with E-state index in [1.165, 1.54) is 6.42 Å². The van der Waals surface area contributed by atoms with Gasteiger partial charge >= 0.3 is 12.2 Å². The molecule has 7 nitrogen and oxygen atoms in total. The van der Waals surface area contributed by atoms with E-state index in [-0.39, 0.29) is 18.2 Å². The zero-order valence-electron chi connectivity index (χ0n) is 20.2. The van der Waals surface area contributed by atoms with Crippen molar-refractivity contribution in [1.82, 2.24) is 9.80 Å². The predicted octanol–water partition coefficient (Wildman–Crippen LogP) is 4.95. The van der Waals surface area contributed by atoms with Crippen molar-refractivity contribution in [3.05, 3.63) is 0 Å². The first-order valence-corrected chi connectivity index (χ1v) is 11.4. The Labute approximate surface area is 183 Å². The first kappa shape index (κ1) is 26.5. The maximum Gasteiger partial charge on any atom is 0.410 e. The molecule has 0 aromatic carbocycles. The molecule has 0 aromatic rings. The second-order valence-corrected chi connectivity index (χ2v) is 10.4. The molecule has 1 fully saturated rings. The Morgan fingerprint density at radius 1 is 0.900 bits per heavy atom. The highest BCUT2D eigenvalue weighted by molar-refractivity contribution is 5.69. The van der Waals surface area contributed by atoms with E-state index >= 15 is 0 Å². The molecule has 1 rings (SSSR count). The Balaban J connectivity index is 2.86. The van der Waals surface area contributed by atoms with Crippen LogP contribution in [0.25, 0.3) is 0 Å². The van der Waals surface area contributed by atoms with E-state index in [9.17, 15) is 14.7 Å². The summed E-state index contributed by atoms with van der Waals surface area (Å²) in [7, 11) is 0. The van der Waals surface area contributed by atoms with Crippen molar-refractivity contribution in [3.63, 3.8) is 0 Å². The summed E-state index contributed by atoms with van der Waals surface area (Å²) in [5.41, 5.74) is -1.15. The molecule has 0 aromatic heterocycles. The topological polar surface area (TPSA) is 79.3 Å². The van der Waals surface area contributed by atoms with Crippen LogP contribution in [0.4, 0.5) is 9.59 Å². The molecule has 1 atom stereocenters. The smallest absolute Gasteiger partial charge is 0.410 e. The highest BCUT2D eigenvalue weighted by atomic mass is 16.6. The summed E-state index contributed by atoms with van der Waals surface area (Å²) in [6.45, 7) is 14.1. The van der Waals surface area contributed by atoms with Crippen molar-refractivity contribution in [2.24, 2.45) is 0 Å². The maximum absolute atomic E-state index is 12.9. The molecule has 1 aliphatic rings. The predicted molar refractivity (Wildman–Crippen MR) is 119 cm³/mol. The number of hydrogen-bond donors (Lipinski definition) is 1. The van der Waals surface area contributed by atoms with E-state index in [4.69, 9.17) is 9.47 Å². The monoisotopic (exact) mass is 428 g/mol. The van der Waals surface area contributed by atoms with Gasteiger partial charge in [0.25, 0.3) is 0 Å². The van der Waals surface area contributed by atoms with Crippen LogP contribution in [0.15, 0.2) is 0 Å². The number of aliphatic hydroxyl groups is 1. The lowest BCUT2D eigenvalue weighted by Gasteiger charge is -2.37. The van der Waals surface area contributed by atoms with Gasteiger partial charge in [0.2, 0.25) is 0 Å². The molecular weight excluding hydrogens is 384 g/mol. The van der Waals surface area contributed by atoms with Gasteiger partial charge in [0.15, 0.2) is 0 Å². The summed E-state index contributed by atoms with van der Waals surface area (Å²) in [6, 6.07) is 0.145. The standard InChI is InChI=1S/C23H44N2O5/c1-18(26)12-11-15-24(20(27)29-22(2,3)4)16-17-25(19-13-9-8-10-14-19)21(28)30-23(5,6)7/h18-19,26H,8-17H2,1-7H3. The van der Waals surface area contributed by atoms with Crippen LogP contribution in [0.5, 0.6) is 0 Å². The van der Waals surface area contributed by atoms with Crippen LogP contribution in [0, 0.1) is 0 Å². The van der Waals surface area contributed by atoms with E-state index in [0.717, 1.165) is 25.7 Å². The molecular formula is C23H44N2O5. The minimum atomic E-state index is -0.589. The number of ether oxygens (including phenoxy) is 2. The molecule has 1 aliphatic carbocycles. The summed E-state index contributed by atoms with van der Waals surface area (Å²) < 4.78 is 11.2. The van der Waals surface area contributed by atoms with Crippen molar-refractivity contribution in [3.8, 4) is 0 Å². The number of rotatable bonds is 8. The average Bonchev–Trinajstić information content (AvgIpc) is 2.58. The molecule has 30 heavy (non-hydrogen) atoms. The zero-order chi connectivity index (χ0) is 22.9. The third-order valence-corrected chi connectivity index (χ3v) is 4.96. The number of aliphatic hydroxyl groups excluding tert-OH is 1. The van der Waals surface area contributed by atoms with E-state index in [0.29, 0.717) is 32.5 Å². The van der Waals surface area contributed by atoms with E-state index in [1.807, 2.05) is 41.5 Å². The number of carbonyl (C=O) groups excluding carboxylic acids is 2. The van der Waals surface area contributed by atoms with E-state index in [2.05, 4.69) is 0 Å². The van der Waals surface area contributed by atoms with Gasteiger partial charge in [-0.3, -0.25) is 0 Å². The van der Waals surface area contributed by atoms with Gasteiger partial charge in [0.1, 0.15) is 11.2 Å². The molecule has 1 saturated carbocycles. The SMILES string of the molecule is CC(O)CCCN(CCN(C(=O)OC(C)(C)C)C1CCCCC1)C(=O)OC(C)(C)C. The first-order chi connectivity index (χ1) is 13.8. The molecule has 0 aliphatic heterocycles. The number of hydrogen-bond acceptors (Lipinski definition) is 5. The van der Waals surface area contributed by atoms with Gasteiger partial charge in [-0.1, -0.05) is 19.3 Å². The van der Waals surface area contributed by atoms with Gasteiger partial charge in [0, 0.05) is 25.7 Å². The van der Waals surface area contributed by atoms with Gasteiger partial charge in [-0.15, -0.1) is 0 Å². The average molecular weight is 429 g/mol. The van der Waals surface area contributed by atoms with Crippen LogP contribution in [0.1, 0.15) is 93.4 Å². The number of nitrogens with zero attached hydrogens (tertiary/aromatic N) is 2. The summed E-state index contributed by atoms with van der Waals surface area (Å²) >= 11 is 0. The van der Waals surface area contributed by atoms with Crippen molar-refractivity contribution in [2.45, 2.75) is 117 Å². The van der Waals surface area contributed by atoms with Crippen LogP contribution in [-0.2, 0) is 9.47 Å². The summed E-state index contributed by atoms with van der Waals surface area (Å²) in [5.74, 6) is 0. The minimum absolute atomic E-state index is 0.145. The molecule has 1 N–H and O–H groups in total. The van der Waals surface area contributed by atoms with E-state index in [1.54, 1.807) is 16.7 Å². The molecule has 1 unspecified atom stereocenters. The molecule has 0 spiro atoms. The molecule has 0 radical (unpaired) electrons. The second-order valence-electron chi connectivity index (χ2n) is 10.4. The van der Waals surface area contributed by atoms with Crippen molar-refractivity contribution in [2.75, 3.05) is 19.6 Å². The Bertz CT molecular complexity index is 531. The first-order valence-electron chi connectivity index (χ1n) is 11.4. The fraction of sp³-hybridized carbons (Fsp3) is 0.913. The van der Waals surface area contributed by atoms with Crippen LogP contribution >= 0.6 is 0 Å². The fourth-order valence-corrected chi connectivity index (χ4v) is 3.56. The Kier molecular flexibility index (Phi) is 10.4. The van der Waals surface area contributed by atoms with Crippen molar-refractivity contribution in [1.29, 1.82) is 0 Å². The highest BCUT2D eigenvalue weighted by Crippen LogP contribution is 2.24. The Hall–Kier alpha value is -1.50. The second kappa shape index (κ2) is 11.8. The van der Waals surface area contributed by atoms with Gasteiger partial charge in [-0.2, -0.15) is 0 Å². The van der Waals surface area contributed by atoms with Gasteiger partial charge in [0.05, 0.1) is 6.10 Å². The molecule has 0 saturated heterocycles. The molecule has 176 valence electrons. The number of carbonyl (C=O) groups is 2. The summed E-state index contributed by atoms with van der Waals surface area (Å²) in [4.78, 5) is 29.1. The summed E-state index contributed by atoms with van der Waals surface area (Å²) in [5, 5.41) is 9.56. The molecule has 2 amide bonds. The normalized spacial score (nSPS) is 16.7. The quantitative estimate of drug-likeness (QED) is 0.591. The van der Waals surface area contributed by atoms with Crippen LogP contribution in [0.2, 0.25) is 0 Å². The Morgan fingerprint density at radius 3 is 1.93 bits per heavy atom. The summed E-state index contributed by atoms with van der Waals surface area (Å²) in [6.07, 6.45) is 5.50. The lowest BCUT2D eigenvalue weighted by atomic mass is 9.94. The highest BCUT2D eigenvalue weighted by Gasteiger charge is 2.31. The molecule has 7 heteroatoms. The third-order valence-electron chi connectivity index (χ3n) is 4.96. The zero-order valence-corrected chi connectivity index (χ0v) is 20.2. The van der Waals surface area contributed by atoms with Crippen LogP contribution in [-0.4, -0.2) is 70.1 Å². The lowest BCUT2D eigenvalue weighted by Crippen LogP contribution is -2.49. The molecule has 0 heterocycles. The number of amides is 2. The van der Waals surface area contributed by atoms with Crippen LogP contribution < -0.4 is 0 Å². The minimum Gasteiger partial charge on any atom is -0.444 e. The van der Waals surface area contributed by atoms with Crippen LogP contribution in [0.3, 0.4) is 0 Å². The van der Waals surface area contributed by atoms with Crippen molar-refractivity contribution < 1.29 is 24.2 Å². The van der Waals surface area contributed by atoms with Gasteiger partial charge in [-0.05, 0) is 74.1 Å². The fourth-order valence-electron chi connectivity index (χ4n) is 3.56. The largest absolute Gasteiger partial charge is 0.444 e. The molecule has 0 bridgehead atoms.